The Morgan fingerprint density at radius 1 is 1.24 bits per heavy atom. The minimum absolute atomic E-state index is 0.199. The summed E-state index contributed by atoms with van der Waals surface area (Å²) in [7, 11) is -1.54. The molecule has 158 valence electrons. The topological polar surface area (TPSA) is 85.5 Å². The Balaban J connectivity index is 1.52. The van der Waals surface area contributed by atoms with Gasteiger partial charge in [-0.15, -0.1) is 0 Å². The van der Waals surface area contributed by atoms with E-state index in [0.29, 0.717) is 43.7 Å². The van der Waals surface area contributed by atoms with E-state index in [1.165, 1.54) is 0 Å². The first-order chi connectivity index (χ1) is 13.9. The Morgan fingerprint density at radius 2 is 1.93 bits per heavy atom. The predicted molar refractivity (Wildman–Crippen MR) is 110 cm³/mol. The van der Waals surface area contributed by atoms with Gasteiger partial charge in [-0.1, -0.05) is 31.1 Å². The maximum absolute atomic E-state index is 12.9. The summed E-state index contributed by atoms with van der Waals surface area (Å²) in [6, 6.07) is 8.17. The van der Waals surface area contributed by atoms with E-state index in [0.717, 1.165) is 24.2 Å². The smallest absolute Gasteiger partial charge is 0.231 e. The van der Waals surface area contributed by atoms with E-state index in [4.69, 9.17) is 9.26 Å². The van der Waals surface area contributed by atoms with Crippen LogP contribution in [0.4, 0.5) is 0 Å². The molecule has 0 bridgehead atoms. The third-order valence-corrected chi connectivity index (χ3v) is 9.19. The van der Waals surface area contributed by atoms with E-state index >= 15 is 0 Å². The van der Waals surface area contributed by atoms with Crippen molar-refractivity contribution < 1.29 is 17.7 Å². The first-order valence-corrected chi connectivity index (χ1v) is 12.0. The molecule has 1 aromatic carbocycles. The summed E-state index contributed by atoms with van der Waals surface area (Å²) < 4.78 is 35.8. The van der Waals surface area contributed by atoms with E-state index in [1.54, 1.807) is 7.11 Å². The van der Waals surface area contributed by atoms with E-state index in [1.807, 2.05) is 24.3 Å². The van der Waals surface area contributed by atoms with E-state index < -0.39 is 14.6 Å². The highest BCUT2D eigenvalue weighted by Crippen LogP contribution is 2.50. The number of hydrogen-bond acceptors (Lipinski definition) is 7. The van der Waals surface area contributed by atoms with E-state index in [2.05, 4.69) is 28.9 Å². The van der Waals surface area contributed by atoms with Gasteiger partial charge in [0.15, 0.2) is 15.7 Å². The number of sulfone groups is 1. The SMILES string of the molecule is CCC(CC)N1CC2(C1)C(c1nc(Cc3ccc(OC)cc3)no1)CCS2(=O)=O. The van der Waals surface area contributed by atoms with Crippen LogP contribution in [0.5, 0.6) is 5.75 Å². The number of nitrogens with zero attached hydrogens (tertiary/aromatic N) is 3. The number of methoxy groups -OCH3 is 1. The monoisotopic (exact) mass is 419 g/mol. The number of rotatable bonds is 7. The van der Waals surface area contributed by atoms with Crippen molar-refractivity contribution in [1.82, 2.24) is 15.0 Å². The lowest BCUT2D eigenvalue weighted by molar-refractivity contribution is 0.0497. The molecule has 0 amide bonds. The Bertz CT molecular complexity index is 945. The van der Waals surface area contributed by atoms with Gasteiger partial charge in [-0.2, -0.15) is 4.98 Å². The number of aromatic nitrogens is 2. The summed E-state index contributed by atoms with van der Waals surface area (Å²) in [5, 5.41) is 4.13. The van der Waals surface area contributed by atoms with Gasteiger partial charge in [0, 0.05) is 25.6 Å². The van der Waals surface area contributed by atoms with Gasteiger partial charge in [0.05, 0.1) is 18.8 Å². The maximum atomic E-state index is 12.9. The molecule has 2 saturated heterocycles. The summed E-state index contributed by atoms with van der Waals surface area (Å²) in [5.41, 5.74) is 1.05. The first-order valence-electron chi connectivity index (χ1n) is 10.3. The molecule has 4 rings (SSSR count). The molecule has 2 aliphatic heterocycles. The Morgan fingerprint density at radius 3 is 2.55 bits per heavy atom. The van der Waals surface area contributed by atoms with Crippen molar-refractivity contribution >= 4 is 9.84 Å². The molecule has 3 heterocycles. The minimum atomic E-state index is -3.17. The van der Waals surface area contributed by atoms with Gasteiger partial charge in [0.2, 0.25) is 5.89 Å². The second-order valence-corrected chi connectivity index (χ2v) is 10.6. The lowest BCUT2D eigenvalue weighted by Crippen LogP contribution is -2.68. The number of likely N-dealkylation sites (tertiary alicyclic amines) is 1. The molecular weight excluding hydrogens is 390 g/mol. The minimum Gasteiger partial charge on any atom is -0.497 e. The molecule has 1 unspecified atom stereocenters. The van der Waals surface area contributed by atoms with Crippen LogP contribution >= 0.6 is 0 Å². The van der Waals surface area contributed by atoms with Crippen molar-refractivity contribution in [2.24, 2.45) is 0 Å². The summed E-state index contributed by atoms with van der Waals surface area (Å²) in [6.07, 6.45) is 3.16. The van der Waals surface area contributed by atoms with Crippen LogP contribution in [-0.2, 0) is 16.3 Å². The molecule has 0 radical (unpaired) electrons. The molecule has 7 nitrogen and oxygen atoms in total. The van der Waals surface area contributed by atoms with Crippen LogP contribution in [0.2, 0.25) is 0 Å². The van der Waals surface area contributed by atoms with Crippen LogP contribution in [0.25, 0.3) is 0 Å². The predicted octanol–water partition coefficient (Wildman–Crippen LogP) is 2.81. The van der Waals surface area contributed by atoms with Crippen LogP contribution in [0.15, 0.2) is 28.8 Å². The Hall–Kier alpha value is -1.93. The van der Waals surface area contributed by atoms with Crippen molar-refractivity contribution in [3.8, 4) is 5.75 Å². The standard InChI is InChI=1S/C21H29N3O4S/c1-4-16(5-2)24-13-21(14-24)18(10-11-29(21,25)26)20-22-19(23-28-20)12-15-6-8-17(27-3)9-7-15/h6-9,16,18H,4-5,10-14H2,1-3H3. The van der Waals surface area contributed by atoms with Gasteiger partial charge in [-0.3, -0.25) is 4.90 Å². The number of benzene rings is 1. The Kier molecular flexibility index (Phi) is 5.42. The van der Waals surface area contributed by atoms with Gasteiger partial charge >= 0.3 is 0 Å². The zero-order chi connectivity index (χ0) is 20.6. The van der Waals surface area contributed by atoms with Crippen molar-refractivity contribution in [1.29, 1.82) is 0 Å². The zero-order valence-corrected chi connectivity index (χ0v) is 18.1. The molecule has 1 spiro atoms. The van der Waals surface area contributed by atoms with Gasteiger partial charge in [0.25, 0.3) is 0 Å². The highest BCUT2D eigenvalue weighted by atomic mass is 32.2. The molecule has 0 N–H and O–H groups in total. The molecule has 1 atom stereocenters. The number of hydrogen-bond donors (Lipinski definition) is 0. The van der Waals surface area contributed by atoms with Gasteiger partial charge in [-0.25, -0.2) is 8.42 Å². The normalized spacial score (nSPS) is 22.8. The summed E-state index contributed by atoms with van der Waals surface area (Å²) in [6.45, 7) is 5.46. The fourth-order valence-electron chi connectivity index (χ4n) is 4.83. The van der Waals surface area contributed by atoms with E-state index in [-0.39, 0.29) is 11.7 Å². The van der Waals surface area contributed by atoms with Crippen LogP contribution < -0.4 is 4.74 Å². The summed E-state index contributed by atoms with van der Waals surface area (Å²) in [5.74, 6) is 1.84. The average Bonchev–Trinajstić information content (AvgIpc) is 3.24. The fourth-order valence-corrected chi connectivity index (χ4v) is 7.16. The maximum Gasteiger partial charge on any atom is 0.231 e. The van der Waals surface area contributed by atoms with E-state index in [9.17, 15) is 8.42 Å². The molecule has 1 aromatic heterocycles. The third-order valence-electron chi connectivity index (χ3n) is 6.63. The lowest BCUT2D eigenvalue weighted by atomic mass is 9.81. The van der Waals surface area contributed by atoms with Crippen LogP contribution in [0, 0.1) is 0 Å². The molecule has 29 heavy (non-hydrogen) atoms. The van der Waals surface area contributed by atoms with Crippen molar-refractivity contribution in [2.45, 2.75) is 56.2 Å². The Labute approximate surface area is 172 Å². The number of ether oxygens (including phenoxy) is 1. The van der Waals surface area contributed by atoms with Gasteiger partial charge in [-0.05, 0) is 37.0 Å². The van der Waals surface area contributed by atoms with Gasteiger partial charge < -0.3 is 9.26 Å². The molecule has 8 heteroatoms. The van der Waals surface area contributed by atoms with Crippen LogP contribution in [-0.4, -0.2) is 60.2 Å². The van der Waals surface area contributed by atoms with Crippen molar-refractivity contribution in [3.05, 3.63) is 41.5 Å². The van der Waals surface area contributed by atoms with Crippen molar-refractivity contribution in [3.63, 3.8) is 0 Å². The highest BCUT2D eigenvalue weighted by Gasteiger charge is 2.64. The molecule has 2 aliphatic rings. The molecule has 2 fully saturated rings. The first kappa shape index (κ1) is 20.3. The largest absolute Gasteiger partial charge is 0.497 e. The fraction of sp³-hybridized carbons (Fsp3) is 0.619. The quantitative estimate of drug-likeness (QED) is 0.682. The van der Waals surface area contributed by atoms with Crippen LogP contribution in [0.1, 0.15) is 56.3 Å². The third kappa shape index (κ3) is 3.46. The summed E-state index contributed by atoms with van der Waals surface area (Å²) in [4.78, 5) is 6.89. The highest BCUT2D eigenvalue weighted by molar-refractivity contribution is 7.93. The van der Waals surface area contributed by atoms with Crippen LogP contribution in [0.3, 0.4) is 0 Å². The summed E-state index contributed by atoms with van der Waals surface area (Å²) >= 11 is 0. The average molecular weight is 420 g/mol. The van der Waals surface area contributed by atoms with Crippen molar-refractivity contribution in [2.75, 3.05) is 26.0 Å². The molecule has 2 aromatic rings. The second kappa shape index (κ2) is 7.72. The molecule has 0 aliphatic carbocycles. The van der Waals surface area contributed by atoms with Gasteiger partial charge in [0.1, 0.15) is 10.5 Å². The second-order valence-electron chi connectivity index (χ2n) is 8.17. The molecule has 0 saturated carbocycles. The zero-order valence-electron chi connectivity index (χ0n) is 17.3. The lowest BCUT2D eigenvalue weighted by Gasteiger charge is -2.52. The molecular formula is C21H29N3O4S.